The number of benzene rings is 1. The summed E-state index contributed by atoms with van der Waals surface area (Å²) in [6.45, 7) is 3.84. The summed E-state index contributed by atoms with van der Waals surface area (Å²) in [5.74, 6) is -0.835. The van der Waals surface area contributed by atoms with Crippen molar-refractivity contribution in [1.29, 1.82) is 0 Å². The van der Waals surface area contributed by atoms with E-state index in [4.69, 9.17) is 27.9 Å². The zero-order valence-corrected chi connectivity index (χ0v) is 19.9. The van der Waals surface area contributed by atoms with E-state index >= 15 is 0 Å². The lowest BCUT2D eigenvalue weighted by Gasteiger charge is -2.28. The minimum absolute atomic E-state index is 0.00428. The van der Waals surface area contributed by atoms with Gasteiger partial charge in [-0.3, -0.25) is 9.59 Å². The molecular weight excluding hydrogens is 459 g/mol. The lowest BCUT2D eigenvalue weighted by molar-refractivity contribution is -0.146. The Bertz CT molecular complexity index is 820. The summed E-state index contributed by atoms with van der Waals surface area (Å²) < 4.78 is 32.9. The van der Waals surface area contributed by atoms with Crippen molar-refractivity contribution in [2.45, 2.75) is 31.2 Å². The number of likely N-dealkylation sites (N-methyl/N-ethyl adjacent to an activating group) is 1. The van der Waals surface area contributed by atoms with Crippen LogP contribution in [0.15, 0.2) is 23.1 Å². The molecule has 2 atom stereocenters. The van der Waals surface area contributed by atoms with Crippen LogP contribution in [0.25, 0.3) is 0 Å². The van der Waals surface area contributed by atoms with Gasteiger partial charge in [-0.1, -0.05) is 30.1 Å². The molecule has 0 saturated heterocycles. The highest BCUT2D eigenvalue weighted by atomic mass is 35.5. The molecule has 0 saturated carbocycles. The highest BCUT2D eigenvalue weighted by Gasteiger charge is 2.31. The van der Waals surface area contributed by atoms with E-state index in [9.17, 15) is 18.0 Å². The fourth-order valence-electron chi connectivity index (χ4n) is 2.60. The standard InChI is InChI=1S/C18H26Cl2N2O5S2/c1-5-22(11-12(2)18(24)27-3)17(23)15(8-9-28-4)21-29(25,26)16-10-13(19)6-7-14(16)20/h6-7,10,12,15,21H,5,8-9,11H2,1-4H3. The van der Waals surface area contributed by atoms with Crippen molar-refractivity contribution in [3.8, 4) is 0 Å². The number of sulfonamides is 1. The van der Waals surface area contributed by atoms with Crippen molar-refractivity contribution in [2.24, 2.45) is 5.92 Å². The molecule has 29 heavy (non-hydrogen) atoms. The van der Waals surface area contributed by atoms with Gasteiger partial charge in [0.05, 0.1) is 18.1 Å². The number of carbonyl (C=O) groups excluding carboxylic acids is 2. The predicted octanol–water partition coefficient (Wildman–Crippen LogP) is 3.05. The molecule has 0 aliphatic heterocycles. The molecule has 164 valence electrons. The van der Waals surface area contributed by atoms with E-state index < -0.39 is 33.9 Å². The summed E-state index contributed by atoms with van der Waals surface area (Å²) >= 11 is 13.4. The van der Waals surface area contributed by atoms with Gasteiger partial charge in [0.15, 0.2) is 0 Å². The number of hydrogen-bond acceptors (Lipinski definition) is 6. The first kappa shape index (κ1) is 26.0. The smallest absolute Gasteiger partial charge is 0.310 e. The van der Waals surface area contributed by atoms with Gasteiger partial charge in [-0.05, 0) is 43.6 Å². The van der Waals surface area contributed by atoms with Crippen LogP contribution in [0.3, 0.4) is 0 Å². The van der Waals surface area contributed by atoms with Gasteiger partial charge in [0, 0.05) is 18.1 Å². The second-order valence-corrected chi connectivity index (χ2v) is 9.84. The Morgan fingerprint density at radius 2 is 1.97 bits per heavy atom. The molecule has 0 bridgehead atoms. The Kier molecular flexibility index (Phi) is 10.8. The molecule has 1 amide bonds. The van der Waals surface area contributed by atoms with Gasteiger partial charge < -0.3 is 9.64 Å². The van der Waals surface area contributed by atoms with Crippen LogP contribution in [-0.4, -0.2) is 63.4 Å². The lowest BCUT2D eigenvalue weighted by atomic mass is 10.1. The van der Waals surface area contributed by atoms with Gasteiger partial charge >= 0.3 is 5.97 Å². The number of ether oxygens (including phenoxy) is 1. The van der Waals surface area contributed by atoms with Crippen molar-refractivity contribution in [2.75, 3.05) is 32.2 Å². The fraction of sp³-hybridized carbons (Fsp3) is 0.556. The van der Waals surface area contributed by atoms with Crippen molar-refractivity contribution in [3.05, 3.63) is 28.2 Å². The van der Waals surface area contributed by atoms with Crippen LogP contribution in [0.1, 0.15) is 20.3 Å². The quantitative estimate of drug-likeness (QED) is 0.485. The molecule has 1 aromatic carbocycles. The summed E-state index contributed by atoms with van der Waals surface area (Å²) in [5, 5.41) is 0.216. The maximum absolute atomic E-state index is 13.1. The van der Waals surface area contributed by atoms with E-state index in [0.717, 1.165) is 0 Å². The molecule has 1 rings (SSSR count). The van der Waals surface area contributed by atoms with Crippen LogP contribution in [0.2, 0.25) is 10.0 Å². The molecule has 0 heterocycles. The van der Waals surface area contributed by atoms with Crippen molar-refractivity contribution < 1.29 is 22.7 Å². The number of methoxy groups -OCH3 is 1. The maximum Gasteiger partial charge on any atom is 0.310 e. The van der Waals surface area contributed by atoms with Crippen LogP contribution in [0, 0.1) is 5.92 Å². The molecular formula is C18H26Cl2N2O5S2. The Hall–Kier alpha value is -1.000. The first-order valence-electron chi connectivity index (χ1n) is 8.90. The summed E-state index contributed by atoms with van der Waals surface area (Å²) in [6, 6.07) is 3.09. The normalized spacial score (nSPS) is 13.6. The number of halogens is 2. The van der Waals surface area contributed by atoms with Crippen molar-refractivity contribution in [1.82, 2.24) is 9.62 Å². The summed E-state index contributed by atoms with van der Waals surface area (Å²) in [7, 11) is -2.82. The number of nitrogens with zero attached hydrogens (tertiary/aromatic N) is 1. The van der Waals surface area contributed by atoms with Gasteiger partial charge in [-0.15, -0.1) is 0 Å². The van der Waals surface area contributed by atoms with Crippen LogP contribution in [-0.2, 0) is 24.3 Å². The molecule has 0 aliphatic carbocycles. The monoisotopic (exact) mass is 484 g/mol. The van der Waals surface area contributed by atoms with Gasteiger partial charge in [0.1, 0.15) is 10.9 Å². The molecule has 2 unspecified atom stereocenters. The Morgan fingerprint density at radius 1 is 1.31 bits per heavy atom. The number of esters is 1. The molecule has 7 nitrogen and oxygen atoms in total. The molecule has 0 radical (unpaired) electrons. The zero-order chi connectivity index (χ0) is 22.2. The van der Waals surface area contributed by atoms with Gasteiger partial charge in [0.2, 0.25) is 15.9 Å². The van der Waals surface area contributed by atoms with Crippen LogP contribution < -0.4 is 4.72 Å². The zero-order valence-electron chi connectivity index (χ0n) is 16.8. The van der Waals surface area contributed by atoms with Crippen LogP contribution >= 0.6 is 35.0 Å². The second-order valence-electron chi connectivity index (χ2n) is 6.33. The van der Waals surface area contributed by atoms with Crippen LogP contribution in [0.4, 0.5) is 0 Å². The van der Waals surface area contributed by atoms with Gasteiger partial charge in [0.25, 0.3) is 0 Å². The van der Waals surface area contributed by atoms with E-state index in [2.05, 4.69) is 4.72 Å². The number of amides is 1. The highest BCUT2D eigenvalue weighted by Crippen LogP contribution is 2.25. The first-order chi connectivity index (χ1) is 13.6. The minimum atomic E-state index is -4.09. The van der Waals surface area contributed by atoms with E-state index in [1.54, 1.807) is 13.8 Å². The van der Waals surface area contributed by atoms with Gasteiger partial charge in [-0.25, -0.2) is 8.42 Å². The van der Waals surface area contributed by atoms with Crippen molar-refractivity contribution in [3.63, 3.8) is 0 Å². The largest absolute Gasteiger partial charge is 0.469 e. The van der Waals surface area contributed by atoms with E-state index in [1.807, 2.05) is 6.26 Å². The van der Waals surface area contributed by atoms with E-state index in [0.29, 0.717) is 12.3 Å². The summed E-state index contributed by atoms with van der Waals surface area (Å²) in [4.78, 5) is 26.0. The van der Waals surface area contributed by atoms with Gasteiger partial charge in [-0.2, -0.15) is 16.5 Å². The third kappa shape index (κ3) is 7.64. The summed E-state index contributed by atoms with van der Waals surface area (Å²) in [5.41, 5.74) is 0. The minimum Gasteiger partial charge on any atom is -0.469 e. The topological polar surface area (TPSA) is 92.8 Å². The third-order valence-corrected chi connectivity index (χ3v) is 7.01. The predicted molar refractivity (Wildman–Crippen MR) is 117 cm³/mol. The maximum atomic E-state index is 13.1. The number of rotatable bonds is 11. The third-order valence-electron chi connectivity index (χ3n) is 4.18. The first-order valence-corrected chi connectivity index (χ1v) is 12.5. The SMILES string of the molecule is CCN(CC(C)C(=O)OC)C(=O)C(CCSC)NS(=O)(=O)c1cc(Cl)ccc1Cl. The molecule has 11 heteroatoms. The fourth-order valence-corrected chi connectivity index (χ4v) is 5.06. The van der Waals surface area contributed by atoms with E-state index in [-0.39, 0.29) is 27.9 Å². The average molecular weight is 485 g/mol. The lowest BCUT2D eigenvalue weighted by Crippen LogP contribution is -2.50. The average Bonchev–Trinajstić information content (AvgIpc) is 2.69. The van der Waals surface area contributed by atoms with Crippen LogP contribution in [0.5, 0.6) is 0 Å². The second kappa shape index (κ2) is 12.0. The Balaban J connectivity index is 3.12. The number of carbonyl (C=O) groups is 2. The number of thioether (sulfide) groups is 1. The Morgan fingerprint density at radius 3 is 2.52 bits per heavy atom. The molecule has 0 aliphatic rings. The van der Waals surface area contributed by atoms with Crippen molar-refractivity contribution >= 4 is 56.9 Å². The molecule has 1 N–H and O–H groups in total. The number of hydrogen-bond donors (Lipinski definition) is 1. The Labute approximate surface area is 186 Å². The molecule has 0 fully saturated rings. The molecule has 0 spiro atoms. The van der Waals surface area contributed by atoms with E-state index in [1.165, 1.54) is 42.0 Å². The highest BCUT2D eigenvalue weighted by molar-refractivity contribution is 7.98. The number of nitrogens with one attached hydrogen (secondary N) is 1. The summed E-state index contributed by atoms with van der Waals surface area (Å²) in [6.07, 6.45) is 2.14. The molecule has 1 aromatic rings. The molecule has 0 aromatic heterocycles.